The quantitative estimate of drug-likeness (QED) is 0.160. The lowest BCUT2D eigenvalue weighted by Crippen LogP contribution is -2.10. The van der Waals surface area contributed by atoms with Gasteiger partial charge in [-0.1, -0.05) is 176 Å². The Bertz CT molecular complexity index is 3570. The van der Waals surface area contributed by atoms with Gasteiger partial charge in [-0.3, -0.25) is 0 Å². The molecular formula is C58H37NOS. The summed E-state index contributed by atoms with van der Waals surface area (Å²) in [5.74, 6) is 0. The van der Waals surface area contributed by atoms with Crippen molar-refractivity contribution in [2.45, 2.75) is 0 Å². The first-order valence-electron chi connectivity index (χ1n) is 20.7. The number of rotatable bonds is 7. The van der Waals surface area contributed by atoms with E-state index in [-0.39, 0.29) is 0 Å². The summed E-state index contributed by atoms with van der Waals surface area (Å²) in [5, 5.41) is 7.17. The minimum atomic E-state index is 0.857. The number of benzene rings is 10. The van der Waals surface area contributed by atoms with Crippen LogP contribution in [0.4, 0.5) is 17.1 Å². The van der Waals surface area contributed by atoms with Crippen LogP contribution < -0.4 is 4.90 Å². The van der Waals surface area contributed by atoms with E-state index in [4.69, 9.17) is 4.42 Å². The minimum absolute atomic E-state index is 0.857. The normalized spacial score (nSPS) is 11.6. The second-order valence-electron chi connectivity index (χ2n) is 15.7. The third-order valence-corrected chi connectivity index (χ3v) is 13.3. The van der Waals surface area contributed by atoms with Crippen LogP contribution in [0.25, 0.3) is 97.4 Å². The van der Waals surface area contributed by atoms with Crippen LogP contribution in [-0.2, 0) is 0 Å². The molecule has 0 N–H and O–H groups in total. The van der Waals surface area contributed by atoms with Gasteiger partial charge in [0, 0.05) is 36.6 Å². The molecule has 2 aromatic heterocycles. The van der Waals surface area contributed by atoms with Gasteiger partial charge >= 0.3 is 0 Å². The van der Waals surface area contributed by atoms with Crippen LogP contribution in [0.5, 0.6) is 0 Å². The number of hydrogen-bond donors (Lipinski definition) is 0. The molecule has 0 saturated heterocycles. The van der Waals surface area contributed by atoms with Crippen molar-refractivity contribution in [3.05, 3.63) is 224 Å². The molecule has 12 aromatic rings. The molecule has 0 bridgehead atoms. The van der Waals surface area contributed by atoms with Crippen molar-refractivity contribution in [3.63, 3.8) is 0 Å². The fraction of sp³-hybridized carbons (Fsp3) is 0. The molecule has 12 rings (SSSR count). The summed E-state index contributed by atoms with van der Waals surface area (Å²) in [6.45, 7) is 0. The number of thiophene rings is 1. The van der Waals surface area contributed by atoms with E-state index in [1.165, 1.54) is 64.3 Å². The number of hydrogen-bond acceptors (Lipinski definition) is 3. The van der Waals surface area contributed by atoms with Crippen molar-refractivity contribution in [1.82, 2.24) is 0 Å². The molecule has 61 heavy (non-hydrogen) atoms. The first-order valence-corrected chi connectivity index (χ1v) is 21.6. The van der Waals surface area contributed by atoms with Gasteiger partial charge in [-0.15, -0.1) is 11.3 Å². The molecule has 0 saturated carbocycles. The fourth-order valence-electron chi connectivity index (χ4n) is 9.05. The van der Waals surface area contributed by atoms with Gasteiger partial charge in [0.1, 0.15) is 5.58 Å². The molecule has 0 fully saturated rings. The standard InChI is InChI=1S/C58H37NOS/c1-3-12-38(13-4-1)46-30-33-49-50-19-11-20-53(57(50)60-54(49)37-46)59(52-35-34-48(43-15-5-2-6-16-43)58-56(52)51-18-9-10-21-55(51)61-58)47-31-28-41(29-32-47)40-22-24-42(25-23-40)45-27-26-39-14-7-8-17-44(39)36-45/h1-37H. The Kier molecular flexibility index (Phi) is 8.39. The summed E-state index contributed by atoms with van der Waals surface area (Å²) >= 11 is 1.86. The minimum Gasteiger partial charge on any atom is -0.454 e. The molecule has 2 nitrogen and oxygen atoms in total. The molecule has 0 aliphatic rings. The zero-order valence-corrected chi connectivity index (χ0v) is 33.9. The molecule has 0 unspecified atom stereocenters. The van der Waals surface area contributed by atoms with E-state index in [2.05, 4.69) is 229 Å². The Morgan fingerprint density at radius 2 is 0.951 bits per heavy atom. The summed E-state index contributed by atoms with van der Waals surface area (Å²) in [7, 11) is 0. The van der Waals surface area contributed by atoms with Crippen molar-refractivity contribution in [1.29, 1.82) is 0 Å². The van der Waals surface area contributed by atoms with Gasteiger partial charge in [0.15, 0.2) is 5.58 Å². The predicted molar refractivity (Wildman–Crippen MR) is 261 cm³/mol. The van der Waals surface area contributed by atoms with Crippen LogP contribution in [0.15, 0.2) is 229 Å². The molecule has 0 radical (unpaired) electrons. The van der Waals surface area contributed by atoms with Gasteiger partial charge in [-0.25, -0.2) is 0 Å². The van der Waals surface area contributed by atoms with Crippen LogP contribution in [0.2, 0.25) is 0 Å². The maximum Gasteiger partial charge on any atom is 0.159 e. The van der Waals surface area contributed by atoms with Crippen molar-refractivity contribution in [2.24, 2.45) is 0 Å². The molecule has 0 aliphatic carbocycles. The Morgan fingerprint density at radius 3 is 1.74 bits per heavy atom. The van der Waals surface area contributed by atoms with Gasteiger partial charge in [-0.05, 0) is 104 Å². The summed E-state index contributed by atoms with van der Waals surface area (Å²) < 4.78 is 9.50. The number of nitrogens with zero attached hydrogens (tertiary/aromatic N) is 1. The van der Waals surface area contributed by atoms with Crippen LogP contribution in [0.3, 0.4) is 0 Å². The summed E-state index contributed by atoms with van der Waals surface area (Å²) in [6.07, 6.45) is 0. The SMILES string of the molecule is c1ccc(-c2ccc3c(c2)oc2c(N(c4ccc(-c5ccc(-c6ccc7ccccc7c6)cc5)cc4)c4ccc(-c5ccccc5)c5sc6ccccc6c45)cccc23)cc1. The highest BCUT2D eigenvalue weighted by Gasteiger charge is 2.24. The molecule has 0 atom stereocenters. The third-order valence-electron chi connectivity index (χ3n) is 12.1. The highest BCUT2D eigenvalue weighted by molar-refractivity contribution is 7.26. The van der Waals surface area contributed by atoms with E-state index in [0.29, 0.717) is 0 Å². The molecular weight excluding hydrogens is 759 g/mol. The van der Waals surface area contributed by atoms with Crippen molar-refractivity contribution in [2.75, 3.05) is 4.90 Å². The monoisotopic (exact) mass is 795 g/mol. The maximum atomic E-state index is 6.97. The molecule has 2 heterocycles. The summed E-state index contributed by atoms with van der Waals surface area (Å²) in [6, 6.07) is 81.0. The van der Waals surface area contributed by atoms with Gasteiger partial charge in [0.25, 0.3) is 0 Å². The largest absolute Gasteiger partial charge is 0.454 e. The highest BCUT2D eigenvalue weighted by atomic mass is 32.1. The number of anilines is 3. The van der Waals surface area contributed by atoms with Gasteiger partial charge in [0.2, 0.25) is 0 Å². The number of furan rings is 1. The van der Waals surface area contributed by atoms with E-state index in [1.54, 1.807) is 0 Å². The molecule has 0 amide bonds. The van der Waals surface area contributed by atoms with E-state index in [9.17, 15) is 0 Å². The van der Waals surface area contributed by atoms with E-state index in [1.807, 2.05) is 11.3 Å². The Morgan fingerprint density at radius 1 is 0.361 bits per heavy atom. The smallest absolute Gasteiger partial charge is 0.159 e. The maximum absolute atomic E-state index is 6.97. The van der Waals surface area contributed by atoms with Crippen LogP contribution in [0.1, 0.15) is 0 Å². The summed E-state index contributed by atoms with van der Waals surface area (Å²) in [4.78, 5) is 2.41. The fourth-order valence-corrected chi connectivity index (χ4v) is 10.3. The zero-order valence-electron chi connectivity index (χ0n) is 33.1. The first-order chi connectivity index (χ1) is 30.2. The van der Waals surface area contributed by atoms with Crippen LogP contribution in [-0.4, -0.2) is 0 Å². The molecule has 10 aromatic carbocycles. The van der Waals surface area contributed by atoms with Gasteiger partial charge in [-0.2, -0.15) is 0 Å². The van der Waals surface area contributed by atoms with Crippen molar-refractivity contribution < 1.29 is 4.42 Å². The molecule has 0 spiro atoms. The Labute approximate surface area is 357 Å². The Hall–Kier alpha value is -7.72. The van der Waals surface area contributed by atoms with Gasteiger partial charge in [0.05, 0.1) is 11.4 Å². The average molecular weight is 796 g/mol. The van der Waals surface area contributed by atoms with Crippen molar-refractivity contribution >= 4 is 81.3 Å². The van der Waals surface area contributed by atoms with E-state index in [0.717, 1.165) is 50.1 Å². The lowest BCUT2D eigenvalue weighted by atomic mass is 9.98. The average Bonchev–Trinajstić information content (AvgIpc) is 3.92. The van der Waals surface area contributed by atoms with E-state index >= 15 is 0 Å². The second-order valence-corrected chi connectivity index (χ2v) is 16.7. The third kappa shape index (κ3) is 6.09. The highest BCUT2D eigenvalue weighted by Crippen LogP contribution is 2.50. The summed E-state index contributed by atoms with van der Waals surface area (Å²) in [5.41, 5.74) is 14.4. The second kappa shape index (κ2) is 14.5. The first kappa shape index (κ1) is 35.2. The van der Waals surface area contributed by atoms with Gasteiger partial charge < -0.3 is 9.32 Å². The Balaban J connectivity index is 1.02. The predicted octanol–water partition coefficient (Wildman–Crippen LogP) is 17.2. The molecule has 286 valence electrons. The molecule has 3 heteroatoms. The zero-order chi connectivity index (χ0) is 40.3. The van der Waals surface area contributed by atoms with Crippen LogP contribution in [0, 0.1) is 0 Å². The van der Waals surface area contributed by atoms with Crippen molar-refractivity contribution in [3.8, 4) is 44.5 Å². The van der Waals surface area contributed by atoms with E-state index < -0.39 is 0 Å². The molecule has 0 aliphatic heterocycles. The van der Waals surface area contributed by atoms with Crippen LogP contribution >= 0.6 is 11.3 Å². The lowest BCUT2D eigenvalue weighted by Gasteiger charge is -2.27. The lowest BCUT2D eigenvalue weighted by molar-refractivity contribution is 0.669. The topological polar surface area (TPSA) is 16.4 Å². The number of para-hydroxylation sites is 1. The number of fused-ring (bicyclic) bond motifs is 7.